The molecule has 0 fully saturated rings. The Balaban J connectivity index is 2.17. The fourth-order valence-electron chi connectivity index (χ4n) is 1.82. The maximum absolute atomic E-state index is 11.8. The molecule has 0 heterocycles. The normalized spacial score (nSPS) is 14.6. The topological polar surface area (TPSA) is 55.7 Å². The fraction of sp³-hybridized carbons (Fsp3) is 0.133. The first kappa shape index (κ1) is 14.2. The van der Waals surface area contributed by atoms with E-state index in [1.165, 1.54) is 18.2 Å². The van der Waals surface area contributed by atoms with Crippen molar-refractivity contribution < 1.29 is 14.4 Å². The van der Waals surface area contributed by atoms with Crippen molar-refractivity contribution >= 4 is 29.1 Å². The molecule has 0 saturated carbocycles. The Morgan fingerprint density at radius 1 is 1.20 bits per heavy atom. The van der Waals surface area contributed by atoms with Gasteiger partial charge in [0.15, 0.2) is 5.78 Å². The summed E-state index contributed by atoms with van der Waals surface area (Å²) in [6.45, 7) is 3.47. The molecule has 0 bridgehead atoms. The van der Waals surface area contributed by atoms with Crippen LogP contribution in [0.5, 0.6) is 0 Å². The van der Waals surface area contributed by atoms with Crippen molar-refractivity contribution in [3.63, 3.8) is 0 Å². The number of halogens is 1. The molecule has 1 aliphatic rings. The molecule has 0 aliphatic heterocycles. The van der Waals surface area contributed by atoms with Crippen LogP contribution in [-0.4, -0.2) is 17.5 Å². The number of hydrogen-bond donors (Lipinski definition) is 0. The average Bonchev–Trinajstić information content (AvgIpc) is 2.37. The highest BCUT2D eigenvalue weighted by molar-refractivity contribution is 6.30. The van der Waals surface area contributed by atoms with Gasteiger partial charge in [0, 0.05) is 5.02 Å². The predicted molar refractivity (Wildman–Crippen MR) is 76.8 cm³/mol. The molecule has 5 heteroatoms. The fourth-order valence-corrected chi connectivity index (χ4v) is 2.01. The Morgan fingerprint density at radius 2 is 1.85 bits per heavy atom. The molecule has 0 N–H and O–H groups in total. The van der Waals surface area contributed by atoms with Gasteiger partial charge in [0.1, 0.15) is 5.71 Å². The summed E-state index contributed by atoms with van der Waals surface area (Å²) in [5.41, 5.74) is 2.12. The minimum Gasteiger partial charge on any atom is -0.312 e. The molecule has 2 rings (SSSR count). The summed E-state index contributed by atoms with van der Waals surface area (Å²) < 4.78 is 0. The van der Waals surface area contributed by atoms with Crippen LogP contribution >= 0.6 is 11.6 Å². The van der Waals surface area contributed by atoms with Crippen molar-refractivity contribution in [1.82, 2.24) is 0 Å². The number of oxime groups is 1. The lowest BCUT2D eigenvalue weighted by Gasteiger charge is -2.10. The number of carbonyl (C=O) groups excluding carboxylic acids is 2. The van der Waals surface area contributed by atoms with Crippen molar-refractivity contribution in [2.75, 3.05) is 0 Å². The summed E-state index contributed by atoms with van der Waals surface area (Å²) in [4.78, 5) is 28.0. The van der Waals surface area contributed by atoms with E-state index in [1.807, 2.05) is 0 Å². The highest BCUT2D eigenvalue weighted by Crippen LogP contribution is 2.15. The van der Waals surface area contributed by atoms with Crippen molar-refractivity contribution in [3.8, 4) is 0 Å². The number of carbonyl (C=O) groups is 2. The lowest BCUT2D eigenvalue weighted by atomic mass is 9.98. The van der Waals surface area contributed by atoms with Gasteiger partial charge in [-0.15, -0.1) is 0 Å². The van der Waals surface area contributed by atoms with Crippen molar-refractivity contribution in [2.24, 2.45) is 5.16 Å². The maximum atomic E-state index is 11.8. The maximum Gasteiger partial charge on any atom is 0.365 e. The molecule has 1 aliphatic carbocycles. The van der Waals surface area contributed by atoms with E-state index in [0.717, 1.165) is 0 Å². The summed E-state index contributed by atoms with van der Waals surface area (Å²) in [6.07, 6.45) is 2.89. The average molecular weight is 290 g/mol. The lowest BCUT2D eigenvalue weighted by molar-refractivity contribution is -0.110. The van der Waals surface area contributed by atoms with E-state index < -0.39 is 5.97 Å². The minimum absolute atomic E-state index is 0.0971. The molecule has 1 aromatic carbocycles. The summed E-state index contributed by atoms with van der Waals surface area (Å²) >= 11 is 5.80. The van der Waals surface area contributed by atoms with Gasteiger partial charge in [-0.1, -0.05) is 22.8 Å². The van der Waals surface area contributed by atoms with E-state index in [0.29, 0.717) is 27.4 Å². The van der Waals surface area contributed by atoms with Gasteiger partial charge in [0.2, 0.25) is 0 Å². The Morgan fingerprint density at radius 3 is 2.45 bits per heavy atom. The Labute approximate surface area is 121 Å². The molecule has 0 saturated heterocycles. The van der Waals surface area contributed by atoms with Crippen LogP contribution in [0.2, 0.25) is 5.02 Å². The van der Waals surface area contributed by atoms with Gasteiger partial charge in [-0.2, -0.15) is 0 Å². The van der Waals surface area contributed by atoms with Gasteiger partial charge in [0.05, 0.1) is 5.56 Å². The molecule has 0 spiro atoms. The third-order valence-corrected chi connectivity index (χ3v) is 2.98. The van der Waals surface area contributed by atoms with Crippen molar-refractivity contribution in [3.05, 3.63) is 58.1 Å². The van der Waals surface area contributed by atoms with Crippen LogP contribution in [0.3, 0.4) is 0 Å². The Bertz CT molecular complexity index is 647. The van der Waals surface area contributed by atoms with E-state index in [4.69, 9.17) is 16.4 Å². The Kier molecular flexibility index (Phi) is 4.15. The Hall–Kier alpha value is -2.20. The highest BCUT2D eigenvalue weighted by atomic mass is 35.5. The molecule has 0 amide bonds. The minimum atomic E-state index is -0.600. The van der Waals surface area contributed by atoms with Crippen LogP contribution in [0.1, 0.15) is 24.2 Å². The van der Waals surface area contributed by atoms with Crippen LogP contribution in [0, 0.1) is 0 Å². The number of ketones is 1. The van der Waals surface area contributed by atoms with E-state index >= 15 is 0 Å². The molecular weight excluding hydrogens is 278 g/mol. The zero-order valence-electron chi connectivity index (χ0n) is 11.0. The molecule has 1 aromatic rings. The van der Waals surface area contributed by atoms with Crippen LogP contribution in [0.15, 0.2) is 52.7 Å². The molecule has 0 aromatic heterocycles. The first-order chi connectivity index (χ1) is 9.47. The summed E-state index contributed by atoms with van der Waals surface area (Å²) in [6, 6.07) is 6.41. The van der Waals surface area contributed by atoms with Gasteiger partial charge < -0.3 is 4.84 Å². The first-order valence-electron chi connectivity index (χ1n) is 5.93. The quantitative estimate of drug-likeness (QED) is 0.477. The second kappa shape index (κ2) is 5.84. The zero-order chi connectivity index (χ0) is 14.7. The second-order valence-corrected chi connectivity index (χ2v) is 4.82. The molecule has 4 nitrogen and oxygen atoms in total. The van der Waals surface area contributed by atoms with Gasteiger partial charge in [-0.05, 0) is 55.3 Å². The molecule has 20 heavy (non-hydrogen) atoms. The van der Waals surface area contributed by atoms with E-state index in [2.05, 4.69) is 5.16 Å². The van der Waals surface area contributed by atoms with E-state index in [1.54, 1.807) is 32.0 Å². The van der Waals surface area contributed by atoms with Gasteiger partial charge in [-0.3, -0.25) is 4.79 Å². The number of benzene rings is 1. The number of hydrogen-bond acceptors (Lipinski definition) is 4. The zero-order valence-corrected chi connectivity index (χ0v) is 11.8. The standard InChI is InChI=1S/C15H12ClNO3/c1-9-6-13(18)7-10(2)14(9)17-20-15(19)11-4-3-5-12(16)8-11/h3-8H,1-2H3. The van der Waals surface area contributed by atoms with Crippen LogP contribution in [0.25, 0.3) is 0 Å². The number of nitrogens with zero attached hydrogens (tertiary/aromatic N) is 1. The third kappa shape index (κ3) is 3.22. The van der Waals surface area contributed by atoms with Crippen LogP contribution < -0.4 is 0 Å². The van der Waals surface area contributed by atoms with Crippen molar-refractivity contribution in [1.29, 1.82) is 0 Å². The lowest BCUT2D eigenvalue weighted by Crippen LogP contribution is -2.13. The van der Waals surface area contributed by atoms with Crippen LogP contribution in [0.4, 0.5) is 0 Å². The third-order valence-electron chi connectivity index (χ3n) is 2.74. The van der Waals surface area contributed by atoms with Gasteiger partial charge in [0.25, 0.3) is 0 Å². The number of rotatable bonds is 2. The largest absolute Gasteiger partial charge is 0.365 e. The summed E-state index contributed by atoms with van der Waals surface area (Å²) in [5, 5.41) is 4.27. The summed E-state index contributed by atoms with van der Waals surface area (Å²) in [7, 11) is 0. The SMILES string of the molecule is CC1=CC(=O)C=C(C)C1=NOC(=O)c1cccc(Cl)c1. The molecule has 0 unspecified atom stereocenters. The van der Waals surface area contributed by atoms with Crippen molar-refractivity contribution in [2.45, 2.75) is 13.8 Å². The second-order valence-electron chi connectivity index (χ2n) is 4.39. The highest BCUT2D eigenvalue weighted by Gasteiger charge is 2.15. The van der Waals surface area contributed by atoms with Gasteiger partial charge >= 0.3 is 5.97 Å². The molecule has 102 valence electrons. The number of allylic oxidation sites excluding steroid dienone is 4. The first-order valence-corrected chi connectivity index (χ1v) is 6.31. The van der Waals surface area contributed by atoms with E-state index in [-0.39, 0.29) is 5.78 Å². The van der Waals surface area contributed by atoms with Crippen LogP contribution in [-0.2, 0) is 9.63 Å². The predicted octanol–water partition coefficient (Wildman–Crippen LogP) is 3.33. The molecular formula is C15H12ClNO3. The molecule has 0 atom stereocenters. The smallest absolute Gasteiger partial charge is 0.312 e. The van der Waals surface area contributed by atoms with E-state index in [9.17, 15) is 9.59 Å². The summed E-state index contributed by atoms with van der Waals surface area (Å²) in [5.74, 6) is -0.697. The van der Waals surface area contributed by atoms with Gasteiger partial charge in [-0.25, -0.2) is 4.79 Å². The molecule has 0 radical (unpaired) electrons. The monoisotopic (exact) mass is 289 g/mol.